The first-order chi connectivity index (χ1) is 4.87. The Kier molecular flexibility index (Phi) is 3.52. The zero-order valence-corrected chi connectivity index (χ0v) is 7.99. The number of likely N-dealkylation sites (N-methyl/N-ethyl adjacent to an activating group) is 1. The second-order valence-corrected chi connectivity index (χ2v) is 3.73. The van der Waals surface area contributed by atoms with Crippen molar-refractivity contribution in [1.82, 2.24) is 10.6 Å². The quantitative estimate of drug-likeness (QED) is 0.614. The van der Waals surface area contributed by atoms with Gasteiger partial charge in [-0.2, -0.15) is 0 Å². The molecule has 3 heteroatoms. The van der Waals surface area contributed by atoms with E-state index in [2.05, 4.69) is 10.6 Å². The fourth-order valence-corrected chi connectivity index (χ4v) is 0.932. The van der Waals surface area contributed by atoms with Gasteiger partial charge in [-0.25, -0.2) is 0 Å². The number of amides is 1. The van der Waals surface area contributed by atoms with Gasteiger partial charge in [0.05, 0.1) is 6.04 Å². The zero-order valence-electron chi connectivity index (χ0n) is 7.99. The fourth-order valence-electron chi connectivity index (χ4n) is 0.932. The lowest BCUT2D eigenvalue weighted by Crippen LogP contribution is -2.49. The molecule has 11 heavy (non-hydrogen) atoms. The molecule has 0 saturated carbocycles. The summed E-state index contributed by atoms with van der Waals surface area (Å²) in [5, 5.41) is 5.74. The van der Waals surface area contributed by atoms with Gasteiger partial charge in [0.25, 0.3) is 0 Å². The molecule has 0 aliphatic carbocycles. The number of rotatable bonds is 2. The van der Waals surface area contributed by atoms with Crippen LogP contribution in [0.4, 0.5) is 0 Å². The molecule has 0 rings (SSSR count). The molecule has 1 atom stereocenters. The van der Waals surface area contributed by atoms with E-state index in [9.17, 15) is 4.79 Å². The lowest BCUT2D eigenvalue weighted by atomic mass is 10.1. The van der Waals surface area contributed by atoms with E-state index < -0.39 is 0 Å². The van der Waals surface area contributed by atoms with E-state index in [1.807, 2.05) is 27.7 Å². The van der Waals surface area contributed by atoms with Crippen LogP contribution in [-0.4, -0.2) is 24.5 Å². The van der Waals surface area contributed by atoms with E-state index in [1.165, 1.54) is 0 Å². The van der Waals surface area contributed by atoms with Crippen LogP contribution in [0.2, 0.25) is 0 Å². The van der Waals surface area contributed by atoms with Crippen molar-refractivity contribution in [2.75, 3.05) is 7.05 Å². The molecule has 0 fully saturated rings. The number of hydrogen-bond acceptors (Lipinski definition) is 2. The summed E-state index contributed by atoms with van der Waals surface area (Å²) in [5.74, 6) is 0.0277. The van der Waals surface area contributed by atoms with E-state index in [1.54, 1.807) is 7.05 Å². The largest absolute Gasteiger partial charge is 0.358 e. The highest BCUT2D eigenvalue weighted by molar-refractivity contribution is 5.81. The van der Waals surface area contributed by atoms with Crippen molar-refractivity contribution in [2.24, 2.45) is 0 Å². The van der Waals surface area contributed by atoms with Crippen LogP contribution in [0, 0.1) is 0 Å². The van der Waals surface area contributed by atoms with Crippen molar-refractivity contribution >= 4 is 5.91 Å². The van der Waals surface area contributed by atoms with Crippen molar-refractivity contribution in [2.45, 2.75) is 39.3 Å². The second-order valence-electron chi connectivity index (χ2n) is 3.73. The molecule has 0 heterocycles. The number of nitrogens with one attached hydrogen (secondary N) is 2. The molecule has 2 N–H and O–H groups in total. The smallest absolute Gasteiger partial charge is 0.236 e. The maximum Gasteiger partial charge on any atom is 0.236 e. The molecule has 0 aromatic rings. The predicted octanol–water partition coefficient (Wildman–Crippen LogP) is 0.509. The van der Waals surface area contributed by atoms with Gasteiger partial charge in [-0.3, -0.25) is 4.79 Å². The van der Waals surface area contributed by atoms with Gasteiger partial charge in [0.15, 0.2) is 0 Å². The van der Waals surface area contributed by atoms with Crippen molar-refractivity contribution < 1.29 is 4.79 Å². The number of hydrogen-bond donors (Lipinski definition) is 2. The summed E-state index contributed by atoms with van der Waals surface area (Å²) >= 11 is 0. The van der Waals surface area contributed by atoms with Crippen molar-refractivity contribution in [3.63, 3.8) is 0 Å². The standard InChI is InChI=1S/C8H18N2O/c1-6(7(11)9-5)10-8(2,3)4/h6,10H,1-5H3,(H,9,11). The Balaban J connectivity index is 3.87. The average molecular weight is 158 g/mol. The van der Waals surface area contributed by atoms with Crippen LogP contribution in [0.25, 0.3) is 0 Å². The molecule has 0 aromatic heterocycles. The SMILES string of the molecule is CNC(=O)C(C)NC(C)(C)C. The van der Waals surface area contributed by atoms with E-state index in [0.717, 1.165) is 0 Å². The van der Waals surface area contributed by atoms with E-state index in [-0.39, 0.29) is 17.5 Å². The van der Waals surface area contributed by atoms with Crippen LogP contribution < -0.4 is 10.6 Å². The van der Waals surface area contributed by atoms with Crippen LogP contribution in [0.15, 0.2) is 0 Å². The minimum absolute atomic E-state index is 0.00801. The summed E-state index contributed by atoms with van der Waals surface area (Å²) in [6.45, 7) is 7.95. The average Bonchev–Trinajstić information content (AvgIpc) is 1.82. The Labute approximate surface area is 68.6 Å². The lowest BCUT2D eigenvalue weighted by molar-refractivity contribution is -0.122. The summed E-state index contributed by atoms with van der Waals surface area (Å²) in [5.41, 5.74) is -0.00801. The van der Waals surface area contributed by atoms with Crippen LogP contribution in [0.3, 0.4) is 0 Å². The van der Waals surface area contributed by atoms with Crippen molar-refractivity contribution in [3.8, 4) is 0 Å². The summed E-state index contributed by atoms with van der Waals surface area (Å²) in [4.78, 5) is 11.0. The Morgan fingerprint density at radius 3 is 2.09 bits per heavy atom. The van der Waals surface area contributed by atoms with Gasteiger partial charge in [-0.05, 0) is 27.7 Å². The first-order valence-electron chi connectivity index (χ1n) is 3.86. The highest BCUT2D eigenvalue weighted by Crippen LogP contribution is 2.00. The molecule has 0 saturated heterocycles. The van der Waals surface area contributed by atoms with Gasteiger partial charge in [-0.15, -0.1) is 0 Å². The molecule has 1 unspecified atom stereocenters. The minimum atomic E-state index is -0.125. The van der Waals surface area contributed by atoms with Crippen LogP contribution >= 0.6 is 0 Å². The Morgan fingerprint density at radius 2 is 1.82 bits per heavy atom. The van der Waals surface area contributed by atoms with E-state index >= 15 is 0 Å². The summed E-state index contributed by atoms with van der Waals surface area (Å²) in [7, 11) is 1.64. The lowest BCUT2D eigenvalue weighted by Gasteiger charge is -2.24. The Bertz CT molecular complexity index is 138. The van der Waals surface area contributed by atoms with Crippen LogP contribution in [0.5, 0.6) is 0 Å². The molecule has 66 valence electrons. The zero-order chi connectivity index (χ0) is 9.07. The number of carbonyl (C=O) groups excluding carboxylic acids is 1. The molecule has 0 radical (unpaired) electrons. The van der Waals surface area contributed by atoms with Crippen molar-refractivity contribution in [1.29, 1.82) is 0 Å². The van der Waals surface area contributed by atoms with Gasteiger partial charge >= 0.3 is 0 Å². The van der Waals surface area contributed by atoms with Crippen LogP contribution in [-0.2, 0) is 4.79 Å². The van der Waals surface area contributed by atoms with Crippen molar-refractivity contribution in [3.05, 3.63) is 0 Å². The predicted molar refractivity (Wildman–Crippen MR) is 46.4 cm³/mol. The van der Waals surface area contributed by atoms with Gasteiger partial charge in [0.2, 0.25) is 5.91 Å². The monoisotopic (exact) mass is 158 g/mol. The van der Waals surface area contributed by atoms with E-state index in [0.29, 0.717) is 0 Å². The van der Waals surface area contributed by atoms with Crippen LogP contribution in [0.1, 0.15) is 27.7 Å². The topological polar surface area (TPSA) is 41.1 Å². The first-order valence-corrected chi connectivity index (χ1v) is 3.86. The minimum Gasteiger partial charge on any atom is -0.358 e. The highest BCUT2D eigenvalue weighted by atomic mass is 16.2. The molecule has 0 aliphatic rings. The number of carbonyl (C=O) groups is 1. The van der Waals surface area contributed by atoms with Gasteiger partial charge < -0.3 is 10.6 Å². The molecule has 0 bridgehead atoms. The molecular formula is C8H18N2O. The molecular weight excluding hydrogens is 140 g/mol. The van der Waals surface area contributed by atoms with Gasteiger partial charge in [0.1, 0.15) is 0 Å². The third-order valence-electron chi connectivity index (χ3n) is 1.29. The highest BCUT2D eigenvalue weighted by Gasteiger charge is 2.17. The molecule has 1 amide bonds. The Hall–Kier alpha value is -0.570. The maximum absolute atomic E-state index is 11.0. The summed E-state index contributed by atoms with van der Waals surface area (Å²) in [6, 6.07) is -0.125. The summed E-state index contributed by atoms with van der Waals surface area (Å²) < 4.78 is 0. The van der Waals surface area contributed by atoms with E-state index in [4.69, 9.17) is 0 Å². The first kappa shape index (κ1) is 10.4. The third-order valence-corrected chi connectivity index (χ3v) is 1.29. The molecule has 0 spiro atoms. The van der Waals surface area contributed by atoms with Gasteiger partial charge in [0, 0.05) is 12.6 Å². The molecule has 3 nitrogen and oxygen atoms in total. The Morgan fingerprint density at radius 1 is 1.36 bits per heavy atom. The second kappa shape index (κ2) is 3.72. The fraction of sp³-hybridized carbons (Fsp3) is 0.875. The molecule has 0 aromatic carbocycles. The van der Waals surface area contributed by atoms with Gasteiger partial charge in [-0.1, -0.05) is 0 Å². The normalized spacial score (nSPS) is 14.3. The summed E-state index contributed by atoms with van der Waals surface area (Å²) in [6.07, 6.45) is 0. The third kappa shape index (κ3) is 4.79. The molecule has 0 aliphatic heterocycles. The maximum atomic E-state index is 11.0.